The summed E-state index contributed by atoms with van der Waals surface area (Å²) in [6, 6.07) is 3.94. The SMILES string of the molecule is Cc1cnn(C(=O)N2CCN(Cc3ccc(C(F)(F)F)cc3N3CCCC3)CC2)c1. The Morgan fingerprint density at radius 2 is 1.77 bits per heavy atom. The molecule has 0 aliphatic carbocycles. The van der Waals surface area contributed by atoms with Gasteiger partial charge in [0, 0.05) is 57.7 Å². The molecule has 0 unspecified atom stereocenters. The van der Waals surface area contributed by atoms with Crippen molar-refractivity contribution in [3.8, 4) is 0 Å². The van der Waals surface area contributed by atoms with Crippen LogP contribution in [0.4, 0.5) is 23.7 Å². The van der Waals surface area contributed by atoms with Crippen LogP contribution < -0.4 is 4.90 Å². The number of alkyl halides is 3. The molecule has 2 aliphatic rings. The van der Waals surface area contributed by atoms with Gasteiger partial charge >= 0.3 is 12.2 Å². The molecule has 2 aliphatic heterocycles. The van der Waals surface area contributed by atoms with Gasteiger partial charge in [0.2, 0.25) is 0 Å². The van der Waals surface area contributed by atoms with E-state index in [1.807, 2.05) is 6.92 Å². The molecule has 2 saturated heterocycles. The number of carbonyl (C=O) groups excluding carboxylic acids is 1. The first-order chi connectivity index (χ1) is 14.3. The fraction of sp³-hybridized carbons (Fsp3) is 0.524. The number of hydrogen-bond acceptors (Lipinski definition) is 4. The zero-order valence-corrected chi connectivity index (χ0v) is 17.0. The Hall–Kier alpha value is -2.55. The molecular weight excluding hydrogens is 395 g/mol. The van der Waals surface area contributed by atoms with Crippen molar-refractivity contribution in [2.24, 2.45) is 0 Å². The van der Waals surface area contributed by atoms with Crippen LogP contribution in [0.5, 0.6) is 0 Å². The minimum Gasteiger partial charge on any atom is -0.371 e. The van der Waals surface area contributed by atoms with Crippen molar-refractivity contribution < 1.29 is 18.0 Å². The third-order valence-corrected chi connectivity index (χ3v) is 5.80. The molecule has 2 aromatic rings. The third kappa shape index (κ3) is 4.45. The minimum atomic E-state index is -4.34. The fourth-order valence-electron chi connectivity index (χ4n) is 4.13. The van der Waals surface area contributed by atoms with Crippen LogP contribution in [0.3, 0.4) is 0 Å². The summed E-state index contributed by atoms with van der Waals surface area (Å²) < 4.78 is 41.0. The molecule has 6 nitrogen and oxygen atoms in total. The Labute approximate surface area is 173 Å². The summed E-state index contributed by atoms with van der Waals surface area (Å²) in [5.74, 6) is 0. The highest BCUT2D eigenvalue weighted by atomic mass is 19.4. The minimum absolute atomic E-state index is 0.143. The number of anilines is 1. The van der Waals surface area contributed by atoms with E-state index in [0.717, 1.165) is 37.1 Å². The fourth-order valence-corrected chi connectivity index (χ4v) is 4.13. The molecule has 0 atom stereocenters. The first kappa shape index (κ1) is 20.7. The van der Waals surface area contributed by atoms with Crippen LogP contribution in [-0.2, 0) is 12.7 Å². The Kier molecular flexibility index (Phi) is 5.73. The largest absolute Gasteiger partial charge is 0.416 e. The molecule has 0 radical (unpaired) electrons. The first-order valence-corrected chi connectivity index (χ1v) is 10.3. The van der Waals surface area contributed by atoms with Gasteiger partial charge in [-0.3, -0.25) is 4.90 Å². The highest BCUT2D eigenvalue weighted by molar-refractivity contribution is 5.76. The van der Waals surface area contributed by atoms with Crippen molar-refractivity contribution in [2.75, 3.05) is 44.2 Å². The Balaban J connectivity index is 1.44. The maximum absolute atomic E-state index is 13.2. The summed E-state index contributed by atoms with van der Waals surface area (Å²) >= 11 is 0. The van der Waals surface area contributed by atoms with Gasteiger partial charge in [0.1, 0.15) is 0 Å². The lowest BCUT2D eigenvalue weighted by atomic mass is 10.1. The summed E-state index contributed by atoms with van der Waals surface area (Å²) in [6.45, 7) is 6.52. The van der Waals surface area contributed by atoms with E-state index in [1.165, 1.54) is 16.8 Å². The van der Waals surface area contributed by atoms with Crippen molar-refractivity contribution >= 4 is 11.7 Å². The quantitative estimate of drug-likeness (QED) is 0.760. The van der Waals surface area contributed by atoms with Crippen molar-refractivity contribution in [1.29, 1.82) is 0 Å². The number of halogens is 3. The van der Waals surface area contributed by atoms with Gasteiger partial charge in [-0.2, -0.15) is 23.0 Å². The van der Waals surface area contributed by atoms with E-state index in [4.69, 9.17) is 0 Å². The highest BCUT2D eigenvalue weighted by Crippen LogP contribution is 2.35. The van der Waals surface area contributed by atoms with Crippen molar-refractivity contribution in [2.45, 2.75) is 32.5 Å². The average molecular weight is 421 g/mol. The second kappa shape index (κ2) is 8.29. The number of carbonyl (C=O) groups is 1. The van der Waals surface area contributed by atoms with Crippen LogP contribution in [0.2, 0.25) is 0 Å². The second-order valence-electron chi connectivity index (χ2n) is 8.04. The van der Waals surface area contributed by atoms with E-state index in [2.05, 4.69) is 14.9 Å². The molecule has 0 saturated carbocycles. The molecule has 2 fully saturated rings. The van der Waals surface area contributed by atoms with Crippen LogP contribution in [0, 0.1) is 6.92 Å². The van der Waals surface area contributed by atoms with E-state index < -0.39 is 11.7 Å². The van der Waals surface area contributed by atoms with Crippen molar-refractivity contribution in [3.63, 3.8) is 0 Å². The molecular formula is C21H26F3N5O. The number of aromatic nitrogens is 2. The van der Waals surface area contributed by atoms with Crippen molar-refractivity contribution in [3.05, 3.63) is 47.3 Å². The Morgan fingerprint density at radius 1 is 1.07 bits per heavy atom. The Bertz CT molecular complexity index is 896. The van der Waals surface area contributed by atoms with Gasteiger partial charge in [0.15, 0.2) is 0 Å². The smallest absolute Gasteiger partial charge is 0.371 e. The van der Waals surface area contributed by atoms with Crippen LogP contribution >= 0.6 is 0 Å². The molecule has 0 N–H and O–H groups in total. The summed E-state index contributed by atoms with van der Waals surface area (Å²) in [5, 5.41) is 4.08. The third-order valence-electron chi connectivity index (χ3n) is 5.80. The zero-order chi connectivity index (χ0) is 21.3. The average Bonchev–Trinajstić information content (AvgIpc) is 3.39. The molecule has 3 heterocycles. The Morgan fingerprint density at radius 3 is 2.37 bits per heavy atom. The zero-order valence-electron chi connectivity index (χ0n) is 17.0. The van der Waals surface area contributed by atoms with E-state index >= 15 is 0 Å². The van der Waals surface area contributed by atoms with E-state index in [9.17, 15) is 18.0 Å². The van der Waals surface area contributed by atoms with Crippen LogP contribution in [0.25, 0.3) is 0 Å². The molecule has 0 spiro atoms. The second-order valence-corrected chi connectivity index (χ2v) is 8.04. The van der Waals surface area contributed by atoms with Gasteiger partial charge in [-0.25, -0.2) is 4.79 Å². The standard InChI is InChI=1S/C21H26F3N5O/c1-16-13-25-29(14-16)20(30)28-10-8-26(9-11-28)15-17-4-5-18(21(22,23)24)12-19(17)27-6-2-3-7-27/h4-5,12-14H,2-3,6-11,15H2,1H3. The monoisotopic (exact) mass is 421 g/mol. The number of aryl methyl sites for hydroxylation is 1. The van der Waals surface area contributed by atoms with E-state index in [1.54, 1.807) is 23.4 Å². The predicted octanol–water partition coefficient (Wildman–Crippen LogP) is 3.60. The molecule has 162 valence electrons. The first-order valence-electron chi connectivity index (χ1n) is 10.3. The summed E-state index contributed by atoms with van der Waals surface area (Å²) in [5.41, 5.74) is 1.93. The van der Waals surface area contributed by atoms with Crippen LogP contribution in [-0.4, -0.2) is 64.9 Å². The molecule has 0 bridgehead atoms. The maximum Gasteiger partial charge on any atom is 0.416 e. The van der Waals surface area contributed by atoms with Gasteiger partial charge in [0.05, 0.1) is 11.8 Å². The van der Waals surface area contributed by atoms with Crippen molar-refractivity contribution in [1.82, 2.24) is 19.6 Å². The van der Waals surface area contributed by atoms with E-state index in [-0.39, 0.29) is 6.03 Å². The van der Waals surface area contributed by atoms with Gasteiger partial charge < -0.3 is 9.80 Å². The summed E-state index contributed by atoms with van der Waals surface area (Å²) in [4.78, 5) is 18.5. The summed E-state index contributed by atoms with van der Waals surface area (Å²) in [7, 11) is 0. The molecule has 1 amide bonds. The summed E-state index contributed by atoms with van der Waals surface area (Å²) in [6.07, 6.45) is 1.02. The van der Waals surface area contributed by atoms with Crippen LogP contribution in [0.15, 0.2) is 30.6 Å². The van der Waals surface area contributed by atoms with Gasteiger partial charge in [-0.1, -0.05) is 6.07 Å². The number of rotatable bonds is 3. The van der Waals surface area contributed by atoms with Gasteiger partial charge in [0.25, 0.3) is 0 Å². The predicted molar refractivity (Wildman–Crippen MR) is 107 cm³/mol. The van der Waals surface area contributed by atoms with Crippen LogP contribution in [0.1, 0.15) is 29.5 Å². The number of hydrogen-bond donors (Lipinski definition) is 0. The lowest BCUT2D eigenvalue weighted by Crippen LogP contribution is -2.49. The highest BCUT2D eigenvalue weighted by Gasteiger charge is 2.32. The van der Waals surface area contributed by atoms with E-state index in [0.29, 0.717) is 38.4 Å². The lowest BCUT2D eigenvalue weighted by Gasteiger charge is -2.35. The lowest BCUT2D eigenvalue weighted by molar-refractivity contribution is -0.137. The molecule has 30 heavy (non-hydrogen) atoms. The number of benzene rings is 1. The normalized spacial score (nSPS) is 18.3. The molecule has 1 aromatic heterocycles. The number of nitrogens with zero attached hydrogens (tertiary/aromatic N) is 5. The molecule has 1 aromatic carbocycles. The molecule has 4 rings (SSSR count). The maximum atomic E-state index is 13.2. The number of piperazine rings is 1. The number of amides is 1. The van der Waals surface area contributed by atoms with Gasteiger partial charge in [-0.15, -0.1) is 0 Å². The van der Waals surface area contributed by atoms with Gasteiger partial charge in [-0.05, 0) is 43.0 Å². The topological polar surface area (TPSA) is 44.6 Å². The molecule has 9 heteroatoms.